The summed E-state index contributed by atoms with van der Waals surface area (Å²) >= 11 is -1.97. The summed E-state index contributed by atoms with van der Waals surface area (Å²) in [5, 5.41) is 2.28. The normalized spacial score (nSPS) is 12.2. The molecule has 5 heteroatoms. The van der Waals surface area contributed by atoms with Gasteiger partial charge in [0, 0.05) is 0 Å². The molecule has 0 aliphatic heterocycles. The number of nitrogens with zero attached hydrogens (tertiary/aromatic N) is 3. The monoisotopic (exact) mass is 493 g/mol. The van der Waals surface area contributed by atoms with Gasteiger partial charge in [0.1, 0.15) is 0 Å². The summed E-state index contributed by atoms with van der Waals surface area (Å²) in [5.74, 6) is 8.10. The van der Waals surface area contributed by atoms with E-state index in [1.807, 2.05) is 18.5 Å². The summed E-state index contributed by atoms with van der Waals surface area (Å²) in [6, 6.07) is 23.5. The molecule has 0 amide bonds. The van der Waals surface area contributed by atoms with Crippen molar-refractivity contribution in [1.29, 1.82) is 0 Å². The molecule has 0 bridgehead atoms. The van der Waals surface area contributed by atoms with Crippen LogP contribution in [0.15, 0.2) is 83.5 Å². The Balaban J connectivity index is 1.69. The average molecular weight is 492 g/mol. The number of para-hydroxylation sites is 2. The molecule has 4 nitrogen and oxygen atoms in total. The van der Waals surface area contributed by atoms with Crippen LogP contribution in [0, 0.1) is 6.92 Å². The van der Waals surface area contributed by atoms with Crippen LogP contribution in [0.2, 0.25) is 17.3 Å². The van der Waals surface area contributed by atoms with Gasteiger partial charge < -0.3 is 0 Å². The second-order valence-corrected chi connectivity index (χ2v) is 20.3. The number of fused-ring (bicyclic) bond motifs is 4. The molecule has 0 radical (unpaired) electrons. The number of hydrogen-bond acceptors (Lipinski definition) is 3. The summed E-state index contributed by atoms with van der Waals surface area (Å²) in [5.41, 5.74) is 6.88. The number of pyridine rings is 1. The molecule has 0 aliphatic carbocycles. The van der Waals surface area contributed by atoms with Gasteiger partial charge in [0.05, 0.1) is 0 Å². The van der Waals surface area contributed by atoms with Gasteiger partial charge in [-0.3, -0.25) is 0 Å². The number of aryl methyl sites for hydroxylation is 1. The molecule has 0 fully saturated rings. The first-order chi connectivity index (χ1) is 15.9. The van der Waals surface area contributed by atoms with E-state index in [9.17, 15) is 0 Å². The van der Waals surface area contributed by atoms with E-state index in [-0.39, 0.29) is 0 Å². The Morgan fingerprint density at radius 3 is 2.45 bits per heavy atom. The van der Waals surface area contributed by atoms with Crippen molar-refractivity contribution in [2.75, 3.05) is 0 Å². The molecular formula is C28H25GeN3O. The van der Waals surface area contributed by atoms with Crippen LogP contribution in [-0.2, 0) is 0 Å². The van der Waals surface area contributed by atoms with Gasteiger partial charge in [-0.05, 0) is 0 Å². The first-order valence-electron chi connectivity index (χ1n) is 11.3. The molecule has 0 aliphatic rings. The standard InChI is InChI=1S/C28H25GeN3O/c1-18-16-30-17-24-26(18)31-28(32(24)20-9-6-5-7-10-20)23-12-8-11-22-21-14-13-19(29(2,3)4)15-25(21)33-27(22)23/h5-17H,1-4H3. The van der Waals surface area contributed by atoms with Crippen molar-refractivity contribution in [3.8, 4) is 17.1 Å². The Hall–Kier alpha value is -3.38. The van der Waals surface area contributed by atoms with E-state index in [0.29, 0.717) is 0 Å². The summed E-state index contributed by atoms with van der Waals surface area (Å²) < 4.78 is 10.2. The second-order valence-electron chi connectivity index (χ2n) is 9.68. The van der Waals surface area contributed by atoms with Gasteiger partial charge in [-0.25, -0.2) is 0 Å². The van der Waals surface area contributed by atoms with Crippen molar-refractivity contribution in [1.82, 2.24) is 14.5 Å². The predicted molar refractivity (Wildman–Crippen MR) is 139 cm³/mol. The number of aromatic nitrogens is 3. The van der Waals surface area contributed by atoms with Gasteiger partial charge in [-0.1, -0.05) is 0 Å². The molecule has 6 aromatic rings. The first-order valence-corrected chi connectivity index (χ1v) is 18.6. The summed E-state index contributed by atoms with van der Waals surface area (Å²) in [6.45, 7) is 2.06. The van der Waals surface area contributed by atoms with Crippen LogP contribution in [0.5, 0.6) is 0 Å². The van der Waals surface area contributed by atoms with Crippen molar-refractivity contribution in [3.05, 3.63) is 84.7 Å². The summed E-state index contributed by atoms with van der Waals surface area (Å²) in [6.07, 6.45) is 3.77. The van der Waals surface area contributed by atoms with E-state index in [2.05, 4.69) is 94.4 Å². The molecule has 162 valence electrons. The fourth-order valence-corrected chi connectivity index (χ4v) is 6.99. The third-order valence-electron chi connectivity index (χ3n) is 6.37. The topological polar surface area (TPSA) is 43.9 Å². The van der Waals surface area contributed by atoms with Gasteiger partial charge in [0.25, 0.3) is 0 Å². The van der Waals surface area contributed by atoms with Crippen LogP contribution >= 0.6 is 0 Å². The van der Waals surface area contributed by atoms with Crippen molar-refractivity contribution < 1.29 is 4.42 Å². The Morgan fingerprint density at radius 2 is 1.67 bits per heavy atom. The van der Waals surface area contributed by atoms with Gasteiger partial charge in [0.2, 0.25) is 0 Å². The molecule has 33 heavy (non-hydrogen) atoms. The molecule has 3 heterocycles. The fourth-order valence-electron chi connectivity index (χ4n) is 4.58. The molecule has 3 aromatic carbocycles. The molecule has 0 saturated carbocycles. The number of imidazole rings is 1. The van der Waals surface area contributed by atoms with E-state index >= 15 is 0 Å². The first kappa shape index (κ1) is 20.2. The number of benzene rings is 3. The number of hydrogen-bond donors (Lipinski definition) is 0. The molecular weight excluding hydrogens is 467 g/mol. The van der Waals surface area contributed by atoms with Crippen LogP contribution in [0.25, 0.3) is 50.0 Å². The molecule has 3 aromatic heterocycles. The Kier molecular flexibility index (Phi) is 4.49. The van der Waals surface area contributed by atoms with Gasteiger partial charge in [0.15, 0.2) is 0 Å². The quantitative estimate of drug-likeness (QED) is 0.254. The SMILES string of the molecule is Cc1cncc2c1nc(-c1cccc3c1oc1c[c]([Ge]([CH3])([CH3])[CH3])ccc13)n2-c1ccccc1. The Bertz CT molecular complexity index is 1660. The van der Waals surface area contributed by atoms with Crippen molar-refractivity contribution in [2.24, 2.45) is 0 Å². The van der Waals surface area contributed by atoms with E-state index in [1.54, 1.807) is 0 Å². The van der Waals surface area contributed by atoms with Crippen LogP contribution in [0.3, 0.4) is 0 Å². The Labute approximate surface area is 195 Å². The summed E-state index contributed by atoms with van der Waals surface area (Å²) in [4.78, 5) is 9.56. The van der Waals surface area contributed by atoms with E-state index in [4.69, 9.17) is 9.40 Å². The molecule has 0 N–H and O–H groups in total. The summed E-state index contributed by atoms with van der Waals surface area (Å²) in [7, 11) is 0. The zero-order chi connectivity index (χ0) is 22.7. The maximum absolute atomic E-state index is 6.55. The van der Waals surface area contributed by atoms with Crippen LogP contribution < -0.4 is 4.40 Å². The fraction of sp³-hybridized carbons (Fsp3) is 0.143. The molecule has 6 rings (SSSR count). The van der Waals surface area contributed by atoms with Gasteiger partial charge in [-0.15, -0.1) is 0 Å². The molecule has 0 atom stereocenters. The Morgan fingerprint density at radius 1 is 0.848 bits per heavy atom. The van der Waals surface area contributed by atoms with Crippen molar-refractivity contribution in [3.63, 3.8) is 0 Å². The van der Waals surface area contributed by atoms with Crippen molar-refractivity contribution in [2.45, 2.75) is 24.2 Å². The van der Waals surface area contributed by atoms with E-state index < -0.39 is 13.3 Å². The predicted octanol–water partition coefficient (Wildman–Crippen LogP) is 6.84. The van der Waals surface area contributed by atoms with Crippen molar-refractivity contribution >= 4 is 50.6 Å². The number of rotatable bonds is 3. The van der Waals surface area contributed by atoms with Gasteiger partial charge in [-0.2, -0.15) is 0 Å². The maximum atomic E-state index is 6.55. The third-order valence-corrected chi connectivity index (χ3v) is 10.7. The molecule has 0 spiro atoms. The zero-order valence-electron chi connectivity index (χ0n) is 19.3. The van der Waals surface area contributed by atoms with Crippen LogP contribution in [0.4, 0.5) is 0 Å². The van der Waals surface area contributed by atoms with Gasteiger partial charge >= 0.3 is 196 Å². The van der Waals surface area contributed by atoms with E-state index in [1.165, 1.54) is 4.40 Å². The minimum absolute atomic E-state index is 0.866. The molecule has 0 saturated heterocycles. The second kappa shape index (κ2) is 7.32. The zero-order valence-corrected chi connectivity index (χ0v) is 21.4. The van der Waals surface area contributed by atoms with Crippen LogP contribution in [-0.4, -0.2) is 27.8 Å². The average Bonchev–Trinajstić information content (AvgIpc) is 3.38. The number of furan rings is 1. The molecule has 0 unspecified atom stereocenters. The minimum atomic E-state index is -1.97. The van der Waals surface area contributed by atoms with Crippen LogP contribution in [0.1, 0.15) is 5.56 Å². The third kappa shape index (κ3) is 3.20. The van der Waals surface area contributed by atoms with E-state index in [0.717, 1.165) is 55.6 Å².